The molecule has 0 fully saturated rings. The Bertz CT molecular complexity index is 50.5. The largest absolute Gasteiger partial charge is 2.00 e. The molecular weight excluding hydrogens is 248 g/mol. The van der Waals surface area contributed by atoms with Gasteiger partial charge in [-0.05, 0) is 12.6 Å². The van der Waals surface area contributed by atoms with E-state index >= 15 is 0 Å². The zero-order chi connectivity index (χ0) is 8.57. The van der Waals surface area contributed by atoms with Crippen molar-refractivity contribution in [3.63, 3.8) is 0 Å². The summed E-state index contributed by atoms with van der Waals surface area (Å²) in [6.07, 6.45) is -1.73. The van der Waals surface area contributed by atoms with Crippen molar-refractivity contribution in [2.24, 2.45) is 0 Å². The number of rotatable bonds is 2. The first-order chi connectivity index (χ1) is 4.54. The number of hydrogen-bond acceptors (Lipinski definition) is 4. The topological polar surface area (TPSA) is 64.6 Å². The van der Waals surface area contributed by atoms with Gasteiger partial charge >= 0.3 is 27.3 Å². The summed E-state index contributed by atoms with van der Waals surface area (Å²) in [7, 11) is 2.77. The first kappa shape index (κ1) is 17.7. The van der Waals surface area contributed by atoms with Gasteiger partial charge < -0.3 is 19.7 Å². The van der Waals surface area contributed by atoms with E-state index in [0.717, 1.165) is 0 Å². The SMILES string of the molecule is COC(C)[O-].COC(C)[O-].[Cd+2]. The zero-order valence-electron chi connectivity index (χ0n) is 7.49. The van der Waals surface area contributed by atoms with E-state index in [1.165, 1.54) is 28.1 Å². The van der Waals surface area contributed by atoms with Gasteiger partial charge in [-0.1, -0.05) is 13.8 Å². The van der Waals surface area contributed by atoms with Crippen molar-refractivity contribution in [2.45, 2.75) is 26.4 Å². The van der Waals surface area contributed by atoms with Gasteiger partial charge in [-0.25, -0.2) is 0 Å². The Morgan fingerprint density at radius 1 is 0.909 bits per heavy atom. The molecule has 0 aliphatic rings. The standard InChI is InChI=1S/2C3H7O2.Cd/c2*1-3(4)5-2;/h2*3H,1-2H3;/q2*-1;+2. The van der Waals surface area contributed by atoms with Crippen LogP contribution in [0.1, 0.15) is 13.8 Å². The summed E-state index contributed by atoms with van der Waals surface area (Å²) in [5.74, 6) is 0. The first-order valence-electron chi connectivity index (χ1n) is 2.91. The van der Waals surface area contributed by atoms with E-state index in [-0.39, 0.29) is 27.3 Å². The van der Waals surface area contributed by atoms with Gasteiger partial charge in [-0.2, -0.15) is 0 Å². The summed E-state index contributed by atoms with van der Waals surface area (Å²) >= 11 is 0. The van der Waals surface area contributed by atoms with Gasteiger partial charge in [0.2, 0.25) is 0 Å². The van der Waals surface area contributed by atoms with Crippen LogP contribution in [0.3, 0.4) is 0 Å². The molecule has 0 amide bonds. The second-order valence-electron chi connectivity index (χ2n) is 1.61. The van der Waals surface area contributed by atoms with Gasteiger partial charge in [0.05, 0.1) is 0 Å². The Hall–Kier alpha value is 0.762. The molecule has 0 radical (unpaired) electrons. The van der Waals surface area contributed by atoms with Crippen molar-refractivity contribution in [2.75, 3.05) is 14.2 Å². The minimum atomic E-state index is -0.866. The Morgan fingerprint density at radius 3 is 1.00 bits per heavy atom. The third kappa shape index (κ3) is 36.4. The maximum Gasteiger partial charge on any atom is 2.00 e. The van der Waals surface area contributed by atoms with E-state index in [0.29, 0.717) is 0 Å². The molecule has 2 unspecified atom stereocenters. The van der Waals surface area contributed by atoms with Crippen LogP contribution in [0, 0.1) is 0 Å². The molecule has 0 saturated heterocycles. The molecule has 0 bridgehead atoms. The van der Waals surface area contributed by atoms with Crippen LogP contribution >= 0.6 is 0 Å². The van der Waals surface area contributed by atoms with E-state index in [1.807, 2.05) is 0 Å². The fraction of sp³-hybridized carbons (Fsp3) is 1.00. The zero-order valence-corrected chi connectivity index (χ0v) is 11.5. The molecular formula is C6H14CdO4. The number of hydrogen-bond donors (Lipinski definition) is 0. The predicted octanol–water partition coefficient (Wildman–Crippen LogP) is -1.32. The molecule has 0 heterocycles. The van der Waals surface area contributed by atoms with Gasteiger partial charge in [0.15, 0.2) is 0 Å². The molecule has 0 aliphatic carbocycles. The van der Waals surface area contributed by atoms with Crippen LogP contribution in [-0.2, 0) is 36.8 Å². The van der Waals surface area contributed by atoms with E-state index in [2.05, 4.69) is 9.47 Å². The Labute approximate surface area is 87.7 Å². The molecule has 0 spiro atoms. The molecule has 0 saturated carbocycles. The smallest absolute Gasteiger partial charge is 0.831 e. The maximum atomic E-state index is 9.67. The molecule has 0 aromatic heterocycles. The van der Waals surface area contributed by atoms with Crippen LogP contribution in [0.25, 0.3) is 0 Å². The number of ether oxygens (including phenoxy) is 2. The molecule has 0 aliphatic heterocycles. The molecule has 0 N–H and O–H groups in total. The fourth-order valence-electron chi connectivity index (χ4n) is 0. The van der Waals surface area contributed by atoms with Crippen LogP contribution < -0.4 is 10.2 Å². The van der Waals surface area contributed by atoms with E-state index in [9.17, 15) is 10.2 Å². The van der Waals surface area contributed by atoms with Crippen molar-refractivity contribution < 1.29 is 47.0 Å². The summed E-state index contributed by atoms with van der Waals surface area (Å²) < 4.78 is 8.39. The minimum Gasteiger partial charge on any atom is -0.831 e. The second kappa shape index (κ2) is 13.4. The van der Waals surface area contributed by atoms with Crippen LogP contribution in [0.5, 0.6) is 0 Å². The molecule has 0 aromatic rings. The summed E-state index contributed by atoms with van der Waals surface area (Å²) in [5, 5.41) is 19.3. The van der Waals surface area contributed by atoms with Gasteiger partial charge in [0.25, 0.3) is 0 Å². The van der Waals surface area contributed by atoms with Crippen LogP contribution in [0.15, 0.2) is 0 Å². The molecule has 5 heteroatoms. The quantitative estimate of drug-likeness (QED) is 0.457. The molecule has 0 rings (SSSR count). The monoisotopic (exact) mass is 264 g/mol. The molecule has 64 valence electrons. The van der Waals surface area contributed by atoms with Gasteiger partial charge in [0.1, 0.15) is 0 Å². The van der Waals surface area contributed by atoms with Crippen molar-refractivity contribution in [3.05, 3.63) is 0 Å². The van der Waals surface area contributed by atoms with Crippen LogP contribution in [-0.4, -0.2) is 26.8 Å². The van der Waals surface area contributed by atoms with Crippen molar-refractivity contribution in [3.8, 4) is 0 Å². The summed E-state index contributed by atoms with van der Waals surface area (Å²) in [6.45, 7) is 2.89. The third-order valence-electron chi connectivity index (χ3n) is 0.664. The molecule has 0 aromatic carbocycles. The van der Waals surface area contributed by atoms with Crippen molar-refractivity contribution in [1.29, 1.82) is 0 Å². The average molecular weight is 263 g/mol. The summed E-state index contributed by atoms with van der Waals surface area (Å²) in [4.78, 5) is 0. The van der Waals surface area contributed by atoms with E-state index < -0.39 is 12.6 Å². The van der Waals surface area contributed by atoms with Gasteiger partial charge in [-0.3, -0.25) is 0 Å². The summed E-state index contributed by atoms with van der Waals surface area (Å²) in [5.41, 5.74) is 0. The van der Waals surface area contributed by atoms with Gasteiger partial charge in [-0.15, -0.1) is 0 Å². The van der Waals surface area contributed by atoms with E-state index in [4.69, 9.17) is 0 Å². The molecule has 2 atom stereocenters. The van der Waals surface area contributed by atoms with Crippen LogP contribution in [0.2, 0.25) is 0 Å². The van der Waals surface area contributed by atoms with Crippen LogP contribution in [0.4, 0.5) is 0 Å². The first-order valence-corrected chi connectivity index (χ1v) is 2.91. The van der Waals surface area contributed by atoms with Gasteiger partial charge in [0, 0.05) is 14.2 Å². The molecule has 4 nitrogen and oxygen atoms in total. The third-order valence-corrected chi connectivity index (χ3v) is 0.664. The second-order valence-corrected chi connectivity index (χ2v) is 1.61. The van der Waals surface area contributed by atoms with Crippen molar-refractivity contribution in [1.82, 2.24) is 0 Å². The normalized spacial score (nSPS) is 13.6. The fourth-order valence-corrected chi connectivity index (χ4v) is 0. The number of methoxy groups -OCH3 is 2. The average Bonchev–Trinajstić information content (AvgIpc) is 1.89. The Morgan fingerprint density at radius 2 is 1.00 bits per heavy atom. The minimum absolute atomic E-state index is 0. The summed E-state index contributed by atoms with van der Waals surface area (Å²) in [6, 6.07) is 0. The Balaban J connectivity index is -0.000000107. The van der Waals surface area contributed by atoms with Crippen molar-refractivity contribution >= 4 is 0 Å². The maximum absolute atomic E-state index is 9.67. The molecule has 11 heavy (non-hydrogen) atoms. The Kier molecular flexibility index (Phi) is 21.5. The van der Waals surface area contributed by atoms with E-state index in [1.54, 1.807) is 0 Å². The predicted molar refractivity (Wildman–Crippen MR) is 32.9 cm³/mol.